The average molecular weight is 265 g/mol. The summed E-state index contributed by atoms with van der Waals surface area (Å²) in [5.41, 5.74) is 0. The molecule has 1 unspecified atom stereocenters. The summed E-state index contributed by atoms with van der Waals surface area (Å²) in [4.78, 5) is 24.3. The van der Waals surface area contributed by atoms with Crippen molar-refractivity contribution in [1.29, 1.82) is 0 Å². The number of carbonyl (C=O) groups excluding carboxylic acids is 1. The number of carboxylic acid groups (broad SMARTS) is 1. The van der Waals surface area contributed by atoms with Crippen LogP contribution in [0.2, 0.25) is 0 Å². The maximum absolute atomic E-state index is 12.0. The van der Waals surface area contributed by atoms with Gasteiger partial charge in [0, 0.05) is 18.1 Å². The largest absolute Gasteiger partial charge is 0.480 e. The maximum Gasteiger partial charge on any atom is 0.328 e. The Morgan fingerprint density at radius 2 is 2.06 bits per heavy atom. The second-order valence-electron chi connectivity index (χ2n) is 3.52. The summed E-state index contributed by atoms with van der Waals surface area (Å²) in [5, 5.41) is 8.97. The van der Waals surface area contributed by atoms with Crippen molar-refractivity contribution in [2.45, 2.75) is 6.04 Å². The summed E-state index contributed by atoms with van der Waals surface area (Å²) in [5.74, 6) is -0.852. The molecule has 0 aliphatic carbocycles. The average Bonchev–Trinajstić information content (AvgIpc) is 2.30. The second-order valence-corrected chi connectivity index (χ2v) is 4.25. The highest BCUT2D eigenvalue weighted by Crippen LogP contribution is 2.14. The van der Waals surface area contributed by atoms with Crippen LogP contribution >= 0.6 is 25.3 Å². The van der Waals surface area contributed by atoms with Gasteiger partial charge in [0.05, 0.1) is 19.1 Å². The van der Waals surface area contributed by atoms with Gasteiger partial charge in [-0.1, -0.05) is 0 Å². The lowest BCUT2D eigenvalue weighted by molar-refractivity contribution is -0.159. The number of thiol groups is 2. The Hall–Kier alpha value is -0.400. The van der Waals surface area contributed by atoms with Crippen molar-refractivity contribution in [2.75, 3.05) is 31.3 Å². The summed E-state index contributed by atoms with van der Waals surface area (Å²) in [6.07, 6.45) is 0. The highest BCUT2D eigenvalue weighted by atomic mass is 32.1. The van der Waals surface area contributed by atoms with Crippen LogP contribution in [0.25, 0.3) is 0 Å². The molecule has 1 aliphatic rings. The standard InChI is InChI=1S/C9H15NO4S2/c11-8(6(4-15)5-16)10-1-2-14-3-7(10)9(12)13/h6-7,15-16H,1-5H2,(H,12,13). The lowest BCUT2D eigenvalue weighted by Gasteiger charge is -2.34. The second kappa shape index (κ2) is 6.36. The fourth-order valence-electron chi connectivity index (χ4n) is 1.52. The Balaban J connectivity index is 2.74. The van der Waals surface area contributed by atoms with Crippen molar-refractivity contribution < 1.29 is 19.4 Å². The molecule has 92 valence electrons. The number of ether oxygens (including phenoxy) is 1. The fourth-order valence-corrected chi connectivity index (χ4v) is 2.29. The molecule has 1 heterocycles. The molecule has 0 bridgehead atoms. The van der Waals surface area contributed by atoms with E-state index >= 15 is 0 Å². The Kier molecular flexibility index (Phi) is 5.43. The topological polar surface area (TPSA) is 66.8 Å². The molecule has 1 atom stereocenters. The molecule has 0 saturated carbocycles. The third-order valence-corrected chi connectivity index (χ3v) is 3.37. The van der Waals surface area contributed by atoms with E-state index in [0.29, 0.717) is 24.7 Å². The van der Waals surface area contributed by atoms with Crippen LogP contribution in [0.15, 0.2) is 0 Å². The molecule has 0 aromatic rings. The van der Waals surface area contributed by atoms with Gasteiger partial charge >= 0.3 is 5.97 Å². The number of aliphatic carboxylic acids is 1. The van der Waals surface area contributed by atoms with Crippen LogP contribution in [-0.2, 0) is 14.3 Å². The molecule has 16 heavy (non-hydrogen) atoms. The Morgan fingerprint density at radius 3 is 2.56 bits per heavy atom. The van der Waals surface area contributed by atoms with E-state index in [9.17, 15) is 9.59 Å². The van der Waals surface area contributed by atoms with E-state index in [-0.39, 0.29) is 18.4 Å². The van der Waals surface area contributed by atoms with Crippen molar-refractivity contribution in [3.63, 3.8) is 0 Å². The number of hydrogen-bond acceptors (Lipinski definition) is 5. The monoisotopic (exact) mass is 265 g/mol. The molecule has 1 amide bonds. The van der Waals surface area contributed by atoms with Crippen LogP contribution < -0.4 is 0 Å². The zero-order valence-corrected chi connectivity index (χ0v) is 10.5. The zero-order chi connectivity index (χ0) is 12.1. The van der Waals surface area contributed by atoms with E-state index in [2.05, 4.69) is 25.3 Å². The van der Waals surface area contributed by atoms with Crippen molar-refractivity contribution in [3.8, 4) is 0 Å². The number of amides is 1. The summed E-state index contributed by atoms with van der Waals surface area (Å²) in [6, 6.07) is -0.886. The SMILES string of the molecule is O=C(O)C1COCCN1C(=O)C(CS)CS. The van der Waals surface area contributed by atoms with Crippen LogP contribution in [0.3, 0.4) is 0 Å². The first-order chi connectivity index (χ1) is 7.61. The first-order valence-electron chi connectivity index (χ1n) is 4.94. The lowest BCUT2D eigenvalue weighted by atomic mass is 10.1. The van der Waals surface area contributed by atoms with Gasteiger partial charge in [0.2, 0.25) is 5.91 Å². The van der Waals surface area contributed by atoms with Crippen LogP contribution in [0, 0.1) is 5.92 Å². The van der Waals surface area contributed by atoms with Gasteiger partial charge < -0.3 is 14.7 Å². The highest BCUT2D eigenvalue weighted by molar-refractivity contribution is 7.81. The third-order valence-electron chi connectivity index (χ3n) is 2.49. The summed E-state index contributed by atoms with van der Waals surface area (Å²) < 4.78 is 5.06. The number of carboxylic acids is 1. The smallest absolute Gasteiger partial charge is 0.328 e. The molecule has 1 aliphatic heterocycles. The molecule has 0 aromatic carbocycles. The summed E-state index contributed by atoms with van der Waals surface area (Å²) in [7, 11) is 0. The van der Waals surface area contributed by atoms with E-state index in [4.69, 9.17) is 9.84 Å². The van der Waals surface area contributed by atoms with Crippen LogP contribution in [0.5, 0.6) is 0 Å². The highest BCUT2D eigenvalue weighted by Gasteiger charge is 2.35. The first-order valence-corrected chi connectivity index (χ1v) is 6.21. The Labute approximate surface area is 105 Å². The van der Waals surface area contributed by atoms with Crippen LogP contribution in [0.1, 0.15) is 0 Å². The predicted octanol–water partition coefficient (Wildman–Crippen LogP) is -0.226. The lowest BCUT2D eigenvalue weighted by Crippen LogP contribution is -2.54. The van der Waals surface area contributed by atoms with Crippen molar-refractivity contribution in [2.24, 2.45) is 5.92 Å². The Morgan fingerprint density at radius 1 is 1.44 bits per heavy atom. The van der Waals surface area contributed by atoms with Gasteiger partial charge in [-0.2, -0.15) is 25.3 Å². The Bertz CT molecular complexity index is 270. The minimum absolute atomic E-state index is 0.0485. The van der Waals surface area contributed by atoms with E-state index in [1.165, 1.54) is 4.90 Å². The molecule has 1 rings (SSSR count). The molecule has 0 aromatic heterocycles. The van der Waals surface area contributed by atoms with Gasteiger partial charge in [0.1, 0.15) is 0 Å². The van der Waals surface area contributed by atoms with Gasteiger partial charge in [-0.05, 0) is 0 Å². The molecule has 0 radical (unpaired) electrons. The predicted molar refractivity (Wildman–Crippen MR) is 65.2 cm³/mol. The van der Waals surface area contributed by atoms with Crippen molar-refractivity contribution in [1.82, 2.24) is 4.90 Å². The van der Waals surface area contributed by atoms with Gasteiger partial charge in [0.15, 0.2) is 6.04 Å². The minimum Gasteiger partial charge on any atom is -0.480 e. The molecule has 5 nitrogen and oxygen atoms in total. The van der Waals surface area contributed by atoms with Crippen LogP contribution in [0.4, 0.5) is 0 Å². The fraction of sp³-hybridized carbons (Fsp3) is 0.778. The van der Waals surface area contributed by atoms with Gasteiger partial charge in [-0.3, -0.25) is 4.79 Å². The molecule has 7 heteroatoms. The zero-order valence-electron chi connectivity index (χ0n) is 8.70. The van der Waals surface area contributed by atoms with E-state index < -0.39 is 12.0 Å². The quantitative estimate of drug-likeness (QED) is 0.615. The normalized spacial score (nSPS) is 21.2. The number of nitrogens with zero attached hydrogens (tertiary/aromatic N) is 1. The first kappa shape index (κ1) is 13.7. The number of carbonyl (C=O) groups is 2. The number of hydrogen-bond donors (Lipinski definition) is 3. The molecule has 0 spiro atoms. The molecular formula is C9H15NO4S2. The number of morpholine rings is 1. The van der Waals surface area contributed by atoms with Crippen molar-refractivity contribution in [3.05, 3.63) is 0 Å². The van der Waals surface area contributed by atoms with Gasteiger partial charge in [-0.25, -0.2) is 4.79 Å². The molecule has 1 fully saturated rings. The van der Waals surface area contributed by atoms with Gasteiger partial charge in [-0.15, -0.1) is 0 Å². The maximum atomic E-state index is 12.0. The summed E-state index contributed by atoms with van der Waals surface area (Å²) >= 11 is 8.12. The van der Waals surface area contributed by atoms with E-state index in [1.807, 2.05) is 0 Å². The third kappa shape index (κ3) is 3.05. The molecule has 1 saturated heterocycles. The van der Waals surface area contributed by atoms with Crippen molar-refractivity contribution >= 4 is 37.1 Å². The number of rotatable bonds is 4. The van der Waals surface area contributed by atoms with E-state index in [0.717, 1.165) is 0 Å². The molecule has 1 N–H and O–H groups in total. The van der Waals surface area contributed by atoms with E-state index in [1.54, 1.807) is 0 Å². The minimum atomic E-state index is -1.04. The molecular weight excluding hydrogens is 250 g/mol. The summed E-state index contributed by atoms with van der Waals surface area (Å²) in [6.45, 7) is 0.738. The van der Waals surface area contributed by atoms with Gasteiger partial charge in [0.25, 0.3) is 0 Å². The van der Waals surface area contributed by atoms with Crippen LogP contribution in [-0.4, -0.2) is 59.2 Å².